The Balaban J connectivity index is 3.22. The summed E-state index contributed by atoms with van der Waals surface area (Å²) in [5, 5.41) is 17.0. The van der Waals surface area contributed by atoms with Gasteiger partial charge < -0.3 is 10.8 Å². The molecular formula is C9H8F2N2O. The first-order valence-corrected chi connectivity index (χ1v) is 3.85. The van der Waals surface area contributed by atoms with Crippen LogP contribution in [0.15, 0.2) is 12.1 Å². The zero-order valence-corrected chi connectivity index (χ0v) is 7.17. The molecule has 1 rings (SSSR count). The Morgan fingerprint density at radius 2 is 1.93 bits per heavy atom. The standard InChI is InChI=1S/C9H8F2N2O/c10-7-1-5(9(13)4-14)2-8(11)6(7)3-12/h1-2,9,14H,4,13H2. The van der Waals surface area contributed by atoms with Crippen molar-refractivity contribution in [3.05, 3.63) is 34.9 Å². The number of aliphatic hydroxyl groups excluding tert-OH is 1. The number of rotatable bonds is 2. The molecule has 0 heterocycles. The lowest BCUT2D eigenvalue weighted by Gasteiger charge is -2.09. The highest BCUT2D eigenvalue weighted by Crippen LogP contribution is 2.18. The number of aliphatic hydroxyl groups is 1. The predicted octanol–water partition coefficient (Wildman–Crippen LogP) is 0.829. The molecule has 0 aromatic heterocycles. The zero-order chi connectivity index (χ0) is 10.7. The van der Waals surface area contributed by atoms with Crippen LogP contribution in [-0.2, 0) is 0 Å². The van der Waals surface area contributed by atoms with Crippen molar-refractivity contribution in [1.29, 1.82) is 5.26 Å². The van der Waals surface area contributed by atoms with Crippen molar-refractivity contribution in [2.45, 2.75) is 6.04 Å². The second-order valence-electron chi connectivity index (χ2n) is 2.76. The van der Waals surface area contributed by atoms with E-state index in [4.69, 9.17) is 16.1 Å². The highest BCUT2D eigenvalue weighted by atomic mass is 19.1. The molecule has 14 heavy (non-hydrogen) atoms. The fraction of sp³-hybridized carbons (Fsp3) is 0.222. The normalized spacial score (nSPS) is 12.2. The van der Waals surface area contributed by atoms with Gasteiger partial charge in [-0.15, -0.1) is 0 Å². The van der Waals surface area contributed by atoms with Crippen molar-refractivity contribution in [1.82, 2.24) is 0 Å². The molecule has 0 aliphatic carbocycles. The second-order valence-corrected chi connectivity index (χ2v) is 2.76. The van der Waals surface area contributed by atoms with Gasteiger partial charge in [-0.3, -0.25) is 0 Å². The van der Waals surface area contributed by atoms with E-state index in [9.17, 15) is 8.78 Å². The van der Waals surface area contributed by atoms with E-state index in [-0.39, 0.29) is 5.56 Å². The summed E-state index contributed by atoms with van der Waals surface area (Å²) in [4.78, 5) is 0. The molecule has 74 valence electrons. The Morgan fingerprint density at radius 3 is 2.29 bits per heavy atom. The van der Waals surface area contributed by atoms with E-state index in [1.54, 1.807) is 0 Å². The predicted molar refractivity (Wildman–Crippen MR) is 45.1 cm³/mol. The van der Waals surface area contributed by atoms with Crippen LogP contribution in [0.4, 0.5) is 8.78 Å². The first-order chi connectivity index (χ1) is 6.60. The molecule has 0 aliphatic heterocycles. The summed E-state index contributed by atoms with van der Waals surface area (Å²) in [6.45, 7) is -0.412. The molecular weight excluding hydrogens is 190 g/mol. The molecule has 0 bridgehead atoms. The van der Waals surface area contributed by atoms with Crippen LogP contribution < -0.4 is 5.73 Å². The number of nitrogens with two attached hydrogens (primary N) is 1. The molecule has 3 nitrogen and oxygen atoms in total. The lowest BCUT2D eigenvalue weighted by Crippen LogP contribution is -2.15. The minimum atomic E-state index is -0.966. The lowest BCUT2D eigenvalue weighted by atomic mass is 10.1. The number of halogens is 2. The quantitative estimate of drug-likeness (QED) is 0.739. The van der Waals surface area contributed by atoms with Gasteiger partial charge in [0.1, 0.15) is 23.3 Å². The maximum atomic E-state index is 13.0. The van der Waals surface area contributed by atoms with Crippen molar-refractivity contribution < 1.29 is 13.9 Å². The summed E-state index contributed by atoms with van der Waals surface area (Å²) in [6, 6.07) is 2.45. The third-order valence-electron chi connectivity index (χ3n) is 1.80. The first kappa shape index (κ1) is 10.6. The van der Waals surface area contributed by atoms with Gasteiger partial charge in [-0.2, -0.15) is 5.26 Å². The zero-order valence-electron chi connectivity index (χ0n) is 7.17. The molecule has 3 N–H and O–H groups in total. The van der Waals surface area contributed by atoms with E-state index in [1.807, 2.05) is 0 Å². The highest BCUT2D eigenvalue weighted by Gasteiger charge is 2.13. The van der Waals surface area contributed by atoms with Gasteiger partial charge in [-0.05, 0) is 17.7 Å². The molecule has 0 saturated heterocycles. The number of hydrogen-bond acceptors (Lipinski definition) is 3. The SMILES string of the molecule is N#Cc1c(F)cc(C(N)CO)cc1F. The Hall–Kier alpha value is -1.51. The third-order valence-corrected chi connectivity index (χ3v) is 1.80. The Morgan fingerprint density at radius 1 is 1.43 bits per heavy atom. The molecule has 0 radical (unpaired) electrons. The topological polar surface area (TPSA) is 70.0 Å². The maximum Gasteiger partial charge on any atom is 0.144 e. The Bertz CT molecular complexity index is 364. The van der Waals surface area contributed by atoms with Gasteiger partial charge >= 0.3 is 0 Å². The van der Waals surface area contributed by atoms with E-state index in [2.05, 4.69) is 0 Å². The third kappa shape index (κ3) is 1.87. The first-order valence-electron chi connectivity index (χ1n) is 3.85. The fourth-order valence-corrected chi connectivity index (χ4v) is 1.02. The van der Waals surface area contributed by atoms with Crippen molar-refractivity contribution in [3.63, 3.8) is 0 Å². The van der Waals surface area contributed by atoms with Gasteiger partial charge in [0.2, 0.25) is 0 Å². The van der Waals surface area contributed by atoms with Crippen LogP contribution in [-0.4, -0.2) is 11.7 Å². The van der Waals surface area contributed by atoms with E-state index in [0.29, 0.717) is 0 Å². The molecule has 5 heteroatoms. The van der Waals surface area contributed by atoms with Crippen molar-refractivity contribution >= 4 is 0 Å². The number of nitrogens with zero attached hydrogens (tertiary/aromatic N) is 1. The number of nitriles is 1. The van der Waals surface area contributed by atoms with Crippen molar-refractivity contribution in [3.8, 4) is 6.07 Å². The van der Waals surface area contributed by atoms with Crippen LogP contribution >= 0.6 is 0 Å². The van der Waals surface area contributed by atoms with Crippen LogP contribution in [0.3, 0.4) is 0 Å². The summed E-state index contributed by atoms with van der Waals surface area (Å²) < 4.78 is 26.0. The average Bonchev–Trinajstić information content (AvgIpc) is 2.16. The van der Waals surface area contributed by atoms with Gasteiger partial charge in [0.05, 0.1) is 12.6 Å². The largest absolute Gasteiger partial charge is 0.394 e. The van der Waals surface area contributed by atoms with E-state index in [1.165, 1.54) is 6.07 Å². The molecule has 1 aromatic carbocycles. The smallest absolute Gasteiger partial charge is 0.144 e. The Labute approximate surface area is 79.4 Å². The summed E-state index contributed by atoms with van der Waals surface area (Å²) in [6.07, 6.45) is 0. The monoisotopic (exact) mass is 198 g/mol. The second kappa shape index (κ2) is 4.13. The van der Waals surface area contributed by atoms with Crippen molar-refractivity contribution in [2.24, 2.45) is 5.73 Å². The van der Waals surface area contributed by atoms with Gasteiger partial charge in [0, 0.05) is 0 Å². The van der Waals surface area contributed by atoms with Gasteiger partial charge in [-0.1, -0.05) is 0 Å². The maximum absolute atomic E-state index is 13.0. The molecule has 0 fully saturated rings. The molecule has 0 saturated carbocycles. The van der Waals surface area contributed by atoms with Gasteiger partial charge in [0.25, 0.3) is 0 Å². The van der Waals surface area contributed by atoms with Crippen LogP contribution in [0, 0.1) is 23.0 Å². The highest BCUT2D eigenvalue weighted by molar-refractivity contribution is 5.36. The van der Waals surface area contributed by atoms with Crippen LogP contribution in [0.25, 0.3) is 0 Å². The molecule has 1 atom stereocenters. The van der Waals surface area contributed by atoms with Gasteiger partial charge in [-0.25, -0.2) is 8.78 Å². The van der Waals surface area contributed by atoms with Crippen LogP contribution in [0.1, 0.15) is 17.2 Å². The molecule has 1 unspecified atom stereocenters. The Kier molecular flexibility index (Phi) is 3.12. The summed E-state index contributed by atoms with van der Waals surface area (Å²) in [5.74, 6) is -1.93. The fourth-order valence-electron chi connectivity index (χ4n) is 1.02. The molecule has 0 amide bonds. The molecule has 1 aromatic rings. The van der Waals surface area contributed by atoms with Crippen LogP contribution in [0.5, 0.6) is 0 Å². The molecule has 0 aliphatic rings. The lowest BCUT2D eigenvalue weighted by molar-refractivity contribution is 0.267. The number of benzene rings is 1. The summed E-state index contributed by atoms with van der Waals surface area (Å²) in [5.41, 5.74) is 4.84. The minimum absolute atomic E-state index is 0.126. The van der Waals surface area contributed by atoms with E-state index < -0.39 is 29.8 Å². The summed E-state index contributed by atoms with van der Waals surface area (Å²) >= 11 is 0. The minimum Gasteiger partial charge on any atom is -0.394 e. The average molecular weight is 198 g/mol. The van der Waals surface area contributed by atoms with E-state index in [0.717, 1.165) is 12.1 Å². The van der Waals surface area contributed by atoms with Crippen molar-refractivity contribution in [2.75, 3.05) is 6.61 Å². The number of hydrogen-bond donors (Lipinski definition) is 2. The molecule has 0 spiro atoms. The summed E-state index contributed by atoms with van der Waals surface area (Å²) in [7, 11) is 0. The van der Waals surface area contributed by atoms with Gasteiger partial charge in [0.15, 0.2) is 0 Å². The van der Waals surface area contributed by atoms with E-state index >= 15 is 0 Å². The van der Waals surface area contributed by atoms with Crippen LogP contribution in [0.2, 0.25) is 0 Å².